The van der Waals surface area contributed by atoms with Crippen LogP contribution in [0.4, 0.5) is 5.69 Å². The van der Waals surface area contributed by atoms with Crippen molar-refractivity contribution in [3.05, 3.63) is 53.3 Å². The Bertz CT molecular complexity index is 1190. The van der Waals surface area contributed by atoms with Crippen LogP contribution >= 0.6 is 23.4 Å². The maximum atomic E-state index is 13.2. The van der Waals surface area contributed by atoms with Crippen LogP contribution in [0.1, 0.15) is 10.4 Å². The number of ether oxygens (including phenoxy) is 1. The van der Waals surface area contributed by atoms with E-state index in [4.69, 9.17) is 16.3 Å². The van der Waals surface area contributed by atoms with Gasteiger partial charge in [0, 0.05) is 44.8 Å². The fourth-order valence-electron chi connectivity index (χ4n) is 3.55. The van der Waals surface area contributed by atoms with Crippen molar-refractivity contribution in [3.63, 3.8) is 0 Å². The van der Waals surface area contributed by atoms with E-state index in [1.165, 1.54) is 11.8 Å². The highest BCUT2D eigenvalue weighted by Gasteiger charge is 2.27. The molecular formula is C23H27ClN4O3SSi. The molecule has 1 aromatic carbocycles. The summed E-state index contributed by atoms with van der Waals surface area (Å²) in [7, 11) is -1.18. The molecule has 33 heavy (non-hydrogen) atoms. The molecule has 0 unspecified atom stereocenters. The van der Waals surface area contributed by atoms with E-state index in [-0.39, 0.29) is 11.7 Å². The molecule has 0 radical (unpaired) electrons. The Hall–Kier alpha value is -2.33. The summed E-state index contributed by atoms with van der Waals surface area (Å²) in [6.45, 7) is 8.54. The van der Waals surface area contributed by atoms with E-state index >= 15 is 0 Å². The molecule has 0 atom stereocenters. The third kappa shape index (κ3) is 5.43. The Morgan fingerprint density at radius 1 is 1.30 bits per heavy atom. The van der Waals surface area contributed by atoms with Crippen molar-refractivity contribution in [2.75, 3.05) is 23.8 Å². The van der Waals surface area contributed by atoms with Crippen LogP contribution < -0.4 is 4.90 Å². The third-order valence-electron chi connectivity index (χ3n) is 5.30. The van der Waals surface area contributed by atoms with Crippen molar-refractivity contribution in [1.29, 1.82) is 0 Å². The van der Waals surface area contributed by atoms with E-state index in [2.05, 4.69) is 29.6 Å². The molecule has 174 valence electrons. The molecule has 1 aliphatic rings. The number of amides is 1. The number of thioether (sulfide) groups is 1. The fourth-order valence-corrected chi connectivity index (χ4v) is 5.52. The molecule has 3 heterocycles. The molecule has 0 spiro atoms. The van der Waals surface area contributed by atoms with Crippen LogP contribution in [-0.4, -0.2) is 52.7 Å². The first kappa shape index (κ1) is 23.8. The Balaban J connectivity index is 1.60. The van der Waals surface area contributed by atoms with Crippen molar-refractivity contribution in [2.45, 2.75) is 32.4 Å². The van der Waals surface area contributed by atoms with E-state index < -0.39 is 8.07 Å². The molecule has 0 aliphatic carbocycles. The number of aromatic nitrogens is 2. The van der Waals surface area contributed by atoms with E-state index in [9.17, 15) is 9.90 Å². The van der Waals surface area contributed by atoms with Gasteiger partial charge in [0.2, 0.25) is 0 Å². The number of halogens is 1. The summed E-state index contributed by atoms with van der Waals surface area (Å²) in [5, 5.41) is 12.0. The number of nitrogens with zero attached hydrogens (tertiary/aromatic N) is 4. The second-order valence-corrected chi connectivity index (χ2v) is 16.1. The maximum absolute atomic E-state index is 13.2. The Labute approximate surface area is 203 Å². The van der Waals surface area contributed by atoms with Crippen LogP contribution in [-0.2, 0) is 11.5 Å². The van der Waals surface area contributed by atoms with Crippen LogP contribution in [0.2, 0.25) is 30.7 Å². The van der Waals surface area contributed by atoms with E-state index in [1.807, 2.05) is 10.6 Å². The van der Waals surface area contributed by atoms with Crippen LogP contribution in [0.3, 0.4) is 0 Å². The van der Waals surface area contributed by atoms with E-state index in [0.29, 0.717) is 47.0 Å². The largest absolute Gasteiger partial charge is 0.506 e. The number of aromatic hydroxyl groups is 1. The van der Waals surface area contributed by atoms with Crippen molar-refractivity contribution in [3.8, 4) is 5.75 Å². The van der Waals surface area contributed by atoms with Crippen LogP contribution in [0, 0.1) is 0 Å². The molecule has 1 N–H and O–H groups in total. The summed E-state index contributed by atoms with van der Waals surface area (Å²) in [5.41, 5.74) is 1.62. The lowest BCUT2D eigenvalue weighted by Crippen LogP contribution is -2.25. The van der Waals surface area contributed by atoms with Gasteiger partial charge in [0.25, 0.3) is 5.91 Å². The maximum Gasteiger partial charge on any atom is 0.281 e. The number of para-hydroxylation sites is 1. The average molecular weight is 503 g/mol. The summed E-state index contributed by atoms with van der Waals surface area (Å²) in [4.78, 5) is 23.9. The number of rotatable bonds is 7. The van der Waals surface area contributed by atoms with Gasteiger partial charge in [-0.2, -0.15) is 4.99 Å². The lowest BCUT2D eigenvalue weighted by Gasteiger charge is -2.20. The predicted molar refractivity (Wildman–Crippen MR) is 139 cm³/mol. The number of fused-ring (bicyclic) bond motifs is 1. The zero-order valence-corrected chi connectivity index (χ0v) is 21.5. The van der Waals surface area contributed by atoms with Gasteiger partial charge in [0.05, 0.1) is 10.6 Å². The van der Waals surface area contributed by atoms with Crippen molar-refractivity contribution in [2.24, 2.45) is 4.99 Å². The highest BCUT2D eigenvalue weighted by Crippen LogP contribution is 2.38. The van der Waals surface area contributed by atoms with Gasteiger partial charge in [0.1, 0.15) is 23.8 Å². The minimum Gasteiger partial charge on any atom is -0.506 e. The van der Waals surface area contributed by atoms with Gasteiger partial charge >= 0.3 is 0 Å². The molecule has 1 amide bonds. The van der Waals surface area contributed by atoms with E-state index in [0.717, 1.165) is 17.2 Å². The molecule has 0 saturated carbocycles. The van der Waals surface area contributed by atoms with Crippen LogP contribution in [0.15, 0.2) is 47.7 Å². The number of pyridine rings is 1. The zero-order valence-electron chi connectivity index (χ0n) is 18.9. The minimum atomic E-state index is -1.18. The molecule has 1 aliphatic heterocycles. The van der Waals surface area contributed by atoms with E-state index in [1.54, 1.807) is 41.6 Å². The number of aliphatic imine (C=N–C) groups is 1. The average Bonchev–Trinajstić information content (AvgIpc) is 3.35. The second kappa shape index (κ2) is 9.88. The molecule has 7 nitrogen and oxygen atoms in total. The number of phenols is 1. The number of benzene rings is 1. The molecule has 1 fully saturated rings. The molecule has 2 aromatic heterocycles. The third-order valence-corrected chi connectivity index (χ3v) is 8.27. The summed E-state index contributed by atoms with van der Waals surface area (Å²) in [6, 6.07) is 9.71. The molecule has 0 bridgehead atoms. The van der Waals surface area contributed by atoms with Gasteiger partial charge < -0.3 is 19.3 Å². The Kier molecular flexibility index (Phi) is 7.13. The smallest absolute Gasteiger partial charge is 0.281 e. The summed E-state index contributed by atoms with van der Waals surface area (Å²) >= 11 is 7.78. The Morgan fingerprint density at radius 3 is 2.88 bits per heavy atom. The number of phenolic OH excluding ortho intramolecular Hbond substituents is 1. The highest BCUT2D eigenvalue weighted by molar-refractivity contribution is 8.14. The number of amidine groups is 1. The van der Waals surface area contributed by atoms with Gasteiger partial charge in [-0.05, 0) is 30.3 Å². The standard InChI is InChI=1S/C23H27ClN4O3SSi/c1-33(2,3)13-11-31-15-27-14-17(16-6-5-9-25-21(16)27)22(30)26-23-28(10-12-32-23)20-18(24)7-4-8-19(20)29/h4-9,14,29H,10-13,15H2,1-3H3/b26-23-. The van der Waals surface area contributed by atoms with Crippen molar-refractivity contribution < 1.29 is 14.6 Å². The van der Waals surface area contributed by atoms with Gasteiger partial charge in [-0.3, -0.25) is 4.79 Å². The zero-order chi connectivity index (χ0) is 23.6. The van der Waals surface area contributed by atoms with Gasteiger partial charge in [-0.25, -0.2) is 4.98 Å². The number of hydrogen-bond donors (Lipinski definition) is 1. The lowest BCUT2D eigenvalue weighted by atomic mass is 10.2. The topological polar surface area (TPSA) is 80.0 Å². The molecule has 10 heteroatoms. The SMILES string of the molecule is C[Si](C)(C)CCOCn1cc(C(=O)/N=C2\SCCN2c2c(O)cccc2Cl)c2cccnc21. The lowest BCUT2D eigenvalue weighted by molar-refractivity contribution is 0.0895. The molecule has 3 aromatic rings. The molecule has 1 saturated heterocycles. The summed E-state index contributed by atoms with van der Waals surface area (Å²) in [6.07, 6.45) is 3.46. The first-order valence-electron chi connectivity index (χ1n) is 10.8. The minimum absolute atomic E-state index is 0.0569. The monoisotopic (exact) mass is 502 g/mol. The predicted octanol–water partition coefficient (Wildman–Crippen LogP) is 5.46. The second-order valence-electron chi connectivity index (χ2n) is 9.04. The Morgan fingerprint density at radius 2 is 2.12 bits per heavy atom. The number of carbonyl (C=O) groups is 1. The normalized spacial score (nSPS) is 15.6. The molecular weight excluding hydrogens is 476 g/mol. The van der Waals surface area contributed by atoms with Gasteiger partial charge in [-0.15, -0.1) is 0 Å². The van der Waals surface area contributed by atoms with Crippen molar-refractivity contribution in [1.82, 2.24) is 9.55 Å². The first-order chi connectivity index (χ1) is 15.7. The van der Waals surface area contributed by atoms with Crippen LogP contribution in [0.5, 0.6) is 5.75 Å². The fraction of sp³-hybridized carbons (Fsp3) is 0.348. The number of hydrogen-bond acceptors (Lipinski definition) is 5. The molecule has 4 rings (SSSR count). The van der Waals surface area contributed by atoms with Crippen molar-refractivity contribution >= 4 is 59.2 Å². The summed E-state index contributed by atoms with van der Waals surface area (Å²) < 4.78 is 7.74. The number of anilines is 1. The van der Waals surface area contributed by atoms with Gasteiger partial charge in [-0.1, -0.05) is 49.1 Å². The highest BCUT2D eigenvalue weighted by atomic mass is 35.5. The number of carbonyl (C=O) groups excluding carboxylic acids is 1. The first-order valence-corrected chi connectivity index (χ1v) is 15.8. The quantitative estimate of drug-likeness (QED) is 0.341. The summed E-state index contributed by atoms with van der Waals surface area (Å²) in [5.74, 6) is 0.432. The van der Waals surface area contributed by atoms with Crippen LogP contribution in [0.25, 0.3) is 11.0 Å². The van der Waals surface area contributed by atoms with Gasteiger partial charge in [0.15, 0.2) is 5.17 Å².